The zero-order chi connectivity index (χ0) is 13.8. The number of nitrogens with one attached hydrogen (secondary N) is 2. The molecule has 0 radical (unpaired) electrons. The summed E-state index contributed by atoms with van der Waals surface area (Å²) in [7, 11) is 5.62. The number of aromatic nitrogens is 2. The summed E-state index contributed by atoms with van der Waals surface area (Å²) in [6.45, 7) is 4.99. The van der Waals surface area contributed by atoms with Gasteiger partial charge >= 0.3 is 0 Å². The van der Waals surface area contributed by atoms with Crippen LogP contribution in [-0.2, 0) is 0 Å². The number of ether oxygens (including phenoxy) is 1. The molecular weight excluding hydrogens is 232 g/mol. The Kier molecular flexibility index (Phi) is 4.69. The molecule has 0 bridgehead atoms. The maximum Gasteiger partial charge on any atom is 0.205 e. The topological polar surface area (TPSA) is 88.3 Å². The summed E-state index contributed by atoms with van der Waals surface area (Å²) >= 11 is 0. The Labute approximate surface area is 108 Å². The van der Waals surface area contributed by atoms with Crippen molar-refractivity contribution in [2.75, 3.05) is 38.5 Å². The molecule has 18 heavy (non-hydrogen) atoms. The Morgan fingerprint density at radius 2 is 1.94 bits per heavy atom. The number of nitrogens with zero attached hydrogens (tertiary/aromatic N) is 3. The van der Waals surface area contributed by atoms with Gasteiger partial charge in [-0.3, -0.25) is 0 Å². The summed E-state index contributed by atoms with van der Waals surface area (Å²) in [5.41, 5.74) is 2.47. The van der Waals surface area contributed by atoms with Crippen LogP contribution in [0.4, 0.5) is 11.6 Å². The molecule has 102 valence electrons. The van der Waals surface area contributed by atoms with Gasteiger partial charge in [0.1, 0.15) is 6.33 Å². The van der Waals surface area contributed by atoms with Crippen molar-refractivity contribution < 1.29 is 4.74 Å². The third-order valence-electron chi connectivity index (χ3n) is 3.04. The number of hydrazine groups is 1. The van der Waals surface area contributed by atoms with E-state index in [4.69, 9.17) is 10.6 Å². The van der Waals surface area contributed by atoms with Crippen LogP contribution in [0.1, 0.15) is 13.8 Å². The first-order valence-corrected chi connectivity index (χ1v) is 5.69. The minimum atomic E-state index is -0.00767. The summed E-state index contributed by atoms with van der Waals surface area (Å²) < 4.78 is 5.25. The summed E-state index contributed by atoms with van der Waals surface area (Å²) in [5.74, 6) is 6.95. The van der Waals surface area contributed by atoms with Crippen LogP contribution in [-0.4, -0.2) is 48.2 Å². The van der Waals surface area contributed by atoms with Gasteiger partial charge in [-0.1, -0.05) is 0 Å². The standard InChI is InChI=1S/C11H22N6O/c1-11(2,17(3)4)6-13-9-8(18-5)10(16-12)15-7-14-9/h7H,6,12H2,1-5H3,(H2,13,14,15,16). The lowest BCUT2D eigenvalue weighted by Gasteiger charge is -2.33. The number of nitrogen functional groups attached to an aromatic ring is 1. The van der Waals surface area contributed by atoms with E-state index >= 15 is 0 Å². The number of methoxy groups -OCH3 is 1. The van der Waals surface area contributed by atoms with Crippen LogP contribution in [0.2, 0.25) is 0 Å². The largest absolute Gasteiger partial charge is 0.490 e. The van der Waals surface area contributed by atoms with E-state index < -0.39 is 0 Å². The lowest BCUT2D eigenvalue weighted by atomic mass is 10.0. The average molecular weight is 254 g/mol. The first-order chi connectivity index (χ1) is 8.42. The highest BCUT2D eigenvalue weighted by atomic mass is 16.5. The predicted molar refractivity (Wildman–Crippen MR) is 72.6 cm³/mol. The molecule has 0 unspecified atom stereocenters. The van der Waals surface area contributed by atoms with Crippen molar-refractivity contribution in [3.8, 4) is 5.75 Å². The first-order valence-electron chi connectivity index (χ1n) is 5.69. The molecule has 7 heteroatoms. The van der Waals surface area contributed by atoms with E-state index in [-0.39, 0.29) is 5.54 Å². The summed E-state index contributed by atoms with van der Waals surface area (Å²) in [5, 5.41) is 3.25. The second-order valence-corrected chi connectivity index (χ2v) is 4.81. The second-order valence-electron chi connectivity index (χ2n) is 4.81. The van der Waals surface area contributed by atoms with Crippen molar-refractivity contribution in [2.45, 2.75) is 19.4 Å². The van der Waals surface area contributed by atoms with Gasteiger partial charge in [0.15, 0.2) is 11.6 Å². The van der Waals surface area contributed by atoms with E-state index in [1.165, 1.54) is 6.33 Å². The highest BCUT2D eigenvalue weighted by Crippen LogP contribution is 2.28. The highest BCUT2D eigenvalue weighted by molar-refractivity contribution is 5.63. The zero-order valence-corrected chi connectivity index (χ0v) is 11.6. The van der Waals surface area contributed by atoms with Gasteiger partial charge in [0, 0.05) is 12.1 Å². The molecule has 0 aliphatic carbocycles. The molecule has 0 fully saturated rings. The fourth-order valence-corrected chi connectivity index (χ4v) is 1.25. The summed E-state index contributed by atoms with van der Waals surface area (Å²) in [6, 6.07) is 0. The maximum atomic E-state index is 5.37. The average Bonchev–Trinajstić information content (AvgIpc) is 2.35. The molecule has 1 aromatic heterocycles. The minimum Gasteiger partial charge on any atom is -0.490 e. The second kappa shape index (κ2) is 5.83. The van der Waals surface area contributed by atoms with E-state index in [9.17, 15) is 0 Å². The van der Waals surface area contributed by atoms with Crippen molar-refractivity contribution in [2.24, 2.45) is 5.84 Å². The molecule has 0 saturated carbocycles. The number of rotatable bonds is 6. The van der Waals surface area contributed by atoms with Gasteiger partial charge in [-0.05, 0) is 27.9 Å². The molecule has 0 atom stereocenters. The van der Waals surface area contributed by atoms with Crippen LogP contribution >= 0.6 is 0 Å². The third-order valence-corrected chi connectivity index (χ3v) is 3.04. The fraction of sp³-hybridized carbons (Fsp3) is 0.636. The number of hydrogen-bond donors (Lipinski definition) is 3. The summed E-state index contributed by atoms with van der Waals surface area (Å²) in [4.78, 5) is 10.3. The third kappa shape index (κ3) is 3.21. The van der Waals surface area contributed by atoms with Gasteiger partial charge in [0.2, 0.25) is 5.75 Å². The van der Waals surface area contributed by atoms with Gasteiger partial charge in [-0.25, -0.2) is 15.8 Å². The van der Waals surface area contributed by atoms with Crippen molar-refractivity contribution in [3.63, 3.8) is 0 Å². The van der Waals surface area contributed by atoms with E-state index in [1.807, 2.05) is 14.1 Å². The molecule has 0 spiro atoms. The van der Waals surface area contributed by atoms with E-state index in [2.05, 4.69) is 39.5 Å². The van der Waals surface area contributed by atoms with Crippen LogP contribution in [0.3, 0.4) is 0 Å². The van der Waals surface area contributed by atoms with Gasteiger partial charge in [0.05, 0.1) is 7.11 Å². The highest BCUT2D eigenvalue weighted by Gasteiger charge is 2.21. The molecule has 4 N–H and O–H groups in total. The molecular formula is C11H22N6O. The lowest BCUT2D eigenvalue weighted by molar-refractivity contribution is 0.209. The Morgan fingerprint density at radius 1 is 1.33 bits per heavy atom. The zero-order valence-electron chi connectivity index (χ0n) is 11.6. The normalized spacial score (nSPS) is 11.5. The van der Waals surface area contributed by atoms with E-state index in [1.54, 1.807) is 7.11 Å². The van der Waals surface area contributed by atoms with E-state index in [0.29, 0.717) is 17.4 Å². The van der Waals surface area contributed by atoms with Gasteiger partial charge in [0.25, 0.3) is 0 Å². The molecule has 1 aromatic rings. The molecule has 7 nitrogen and oxygen atoms in total. The van der Waals surface area contributed by atoms with Gasteiger partial charge in [-0.15, -0.1) is 0 Å². The first kappa shape index (κ1) is 14.5. The van der Waals surface area contributed by atoms with Gasteiger partial charge < -0.3 is 20.4 Å². The molecule has 0 aromatic carbocycles. The fourth-order valence-electron chi connectivity index (χ4n) is 1.25. The molecule has 1 rings (SSSR count). The van der Waals surface area contributed by atoms with Crippen LogP contribution in [0.15, 0.2) is 6.33 Å². The van der Waals surface area contributed by atoms with Crippen molar-refractivity contribution in [1.82, 2.24) is 14.9 Å². The summed E-state index contributed by atoms with van der Waals surface area (Å²) in [6.07, 6.45) is 1.43. The smallest absolute Gasteiger partial charge is 0.205 e. The Morgan fingerprint density at radius 3 is 2.44 bits per heavy atom. The van der Waals surface area contributed by atoms with Crippen LogP contribution < -0.4 is 21.3 Å². The monoisotopic (exact) mass is 254 g/mol. The molecule has 1 heterocycles. The van der Waals surface area contributed by atoms with Crippen LogP contribution in [0.5, 0.6) is 5.75 Å². The number of hydrogen-bond acceptors (Lipinski definition) is 7. The molecule has 0 aliphatic rings. The predicted octanol–water partition coefficient (Wildman–Crippen LogP) is 0.523. The Hall–Kier alpha value is -1.60. The quantitative estimate of drug-likeness (QED) is 0.504. The van der Waals surface area contributed by atoms with Crippen molar-refractivity contribution in [1.29, 1.82) is 0 Å². The van der Waals surface area contributed by atoms with E-state index in [0.717, 1.165) is 6.54 Å². The van der Waals surface area contributed by atoms with Crippen molar-refractivity contribution >= 4 is 11.6 Å². The Bertz CT molecular complexity index is 393. The Balaban J connectivity index is 2.85. The SMILES string of the molecule is COc1c(NN)ncnc1NCC(C)(C)N(C)C. The van der Waals surface area contributed by atoms with Crippen LogP contribution in [0, 0.1) is 0 Å². The number of nitrogens with two attached hydrogens (primary N) is 1. The maximum absolute atomic E-state index is 5.37. The molecule has 0 amide bonds. The van der Waals surface area contributed by atoms with Crippen LogP contribution in [0.25, 0.3) is 0 Å². The van der Waals surface area contributed by atoms with Crippen molar-refractivity contribution in [3.05, 3.63) is 6.33 Å². The number of likely N-dealkylation sites (N-methyl/N-ethyl adjacent to an activating group) is 1. The number of anilines is 2. The van der Waals surface area contributed by atoms with Gasteiger partial charge in [-0.2, -0.15) is 0 Å². The lowest BCUT2D eigenvalue weighted by Crippen LogP contribution is -2.44. The minimum absolute atomic E-state index is 0.00767. The molecule has 0 saturated heterocycles. The molecule has 0 aliphatic heterocycles.